The fraction of sp³-hybridized carbons (Fsp3) is 0.364. The summed E-state index contributed by atoms with van der Waals surface area (Å²) in [6.07, 6.45) is 0.483. The number of hydrogen-bond acceptors (Lipinski definition) is 4. The van der Waals surface area contributed by atoms with Crippen molar-refractivity contribution in [3.8, 4) is 0 Å². The Labute approximate surface area is 102 Å². The van der Waals surface area contributed by atoms with Crippen LogP contribution in [0.2, 0.25) is 0 Å². The summed E-state index contributed by atoms with van der Waals surface area (Å²) in [4.78, 5) is 37.9. The highest BCUT2D eigenvalue weighted by molar-refractivity contribution is 5.96. The highest BCUT2D eigenvalue weighted by Crippen LogP contribution is 2.19. The zero-order valence-corrected chi connectivity index (χ0v) is 9.37. The molecule has 1 aromatic rings. The number of amides is 1. The minimum absolute atomic E-state index is 0.0220. The Kier molecular flexibility index (Phi) is 3.15. The monoisotopic (exact) mass is 252 g/mol. The van der Waals surface area contributed by atoms with Crippen LogP contribution in [-0.2, 0) is 4.79 Å². The summed E-state index contributed by atoms with van der Waals surface area (Å²) >= 11 is 0. The lowest BCUT2D eigenvalue weighted by Crippen LogP contribution is -2.42. The van der Waals surface area contributed by atoms with E-state index in [9.17, 15) is 19.5 Å². The standard InChI is InChI=1S/C11H12N2O5/c14-6-4-8(11(17)18)13(5-6)10(16)7-2-1-3-12-9(7)15/h1-3,6,8,14H,4-5H2,(H,12,15)(H,17,18). The number of rotatable bonds is 2. The average molecular weight is 252 g/mol. The highest BCUT2D eigenvalue weighted by atomic mass is 16.4. The molecule has 7 heteroatoms. The zero-order valence-electron chi connectivity index (χ0n) is 9.37. The van der Waals surface area contributed by atoms with Gasteiger partial charge in [0.2, 0.25) is 0 Å². The summed E-state index contributed by atoms with van der Waals surface area (Å²) in [7, 11) is 0. The van der Waals surface area contributed by atoms with Crippen LogP contribution < -0.4 is 5.56 Å². The number of nitrogens with one attached hydrogen (secondary N) is 1. The number of aliphatic hydroxyl groups is 1. The molecule has 96 valence electrons. The van der Waals surface area contributed by atoms with E-state index in [-0.39, 0.29) is 18.5 Å². The molecule has 1 aliphatic rings. The Morgan fingerprint density at radius 3 is 2.78 bits per heavy atom. The average Bonchev–Trinajstić information content (AvgIpc) is 2.71. The fourth-order valence-corrected chi connectivity index (χ4v) is 2.02. The van der Waals surface area contributed by atoms with Crippen LogP contribution in [0.5, 0.6) is 0 Å². The Bertz CT molecular complexity index is 538. The summed E-state index contributed by atoms with van der Waals surface area (Å²) in [6, 6.07) is 1.72. The third kappa shape index (κ3) is 2.12. The van der Waals surface area contributed by atoms with Gasteiger partial charge in [0.25, 0.3) is 11.5 Å². The highest BCUT2D eigenvalue weighted by Gasteiger charge is 2.39. The molecule has 2 unspecified atom stereocenters. The molecule has 3 N–H and O–H groups in total. The topological polar surface area (TPSA) is 111 Å². The molecule has 1 saturated heterocycles. The summed E-state index contributed by atoms with van der Waals surface area (Å²) in [5.41, 5.74) is -0.703. The van der Waals surface area contributed by atoms with Crippen molar-refractivity contribution in [1.29, 1.82) is 0 Å². The van der Waals surface area contributed by atoms with Gasteiger partial charge in [0.05, 0.1) is 6.10 Å². The first-order valence-electron chi connectivity index (χ1n) is 5.40. The number of aromatic amines is 1. The number of likely N-dealkylation sites (tertiary alicyclic amines) is 1. The van der Waals surface area contributed by atoms with Crippen molar-refractivity contribution in [3.05, 3.63) is 34.2 Å². The molecule has 0 aliphatic carbocycles. The first kappa shape index (κ1) is 12.3. The van der Waals surface area contributed by atoms with Crippen molar-refractivity contribution in [2.24, 2.45) is 0 Å². The van der Waals surface area contributed by atoms with Crippen molar-refractivity contribution in [2.75, 3.05) is 6.54 Å². The van der Waals surface area contributed by atoms with Crippen molar-refractivity contribution in [1.82, 2.24) is 9.88 Å². The van der Waals surface area contributed by atoms with Gasteiger partial charge in [-0.1, -0.05) is 0 Å². The third-order valence-electron chi connectivity index (χ3n) is 2.87. The first-order valence-corrected chi connectivity index (χ1v) is 5.40. The zero-order chi connectivity index (χ0) is 13.3. The molecule has 2 atom stereocenters. The van der Waals surface area contributed by atoms with Crippen molar-refractivity contribution in [2.45, 2.75) is 18.6 Å². The maximum Gasteiger partial charge on any atom is 0.326 e. The fourth-order valence-electron chi connectivity index (χ4n) is 2.02. The van der Waals surface area contributed by atoms with E-state index in [1.165, 1.54) is 18.3 Å². The largest absolute Gasteiger partial charge is 0.480 e. The van der Waals surface area contributed by atoms with Gasteiger partial charge in [0.15, 0.2) is 0 Å². The molecule has 0 spiro atoms. The van der Waals surface area contributed by atoms with E-state index in [0.717, 1.165) is 4.90 Å². The minimum Gasteiger partial charge on any atom is -0.480 e. The Morgan fingerprint density at radius 2 is 2.17 bits per heavy atom. The molecular formula is C11H12N2O5. The predicted molar refractivity (Wildman–Crippen MR) is 60.1 cm³/mol. The lowest BCUT2D eigenvalue weighted by Gasteiger charge is -2.20. The van der Waals surface area contributed by atoms with Gasteiger partial charge in [-0.25, -0.2) is 4.79 Å². The van der Waals surface area contributed by atoms with E-state index in [4.69, 9.17) is 5.11 Å². The number of nitrogens with zero attached hydrogens (tertiary/aromatic N) is 1. The molecule has 0 bridgehead atoms. The maximum atomic E-state index is 12.1. The molecule has 1 aromatic heterocycles. The van der Waals surface area contributed by atoms with Crippen LogP contribution in [0.4, 0.5) is 0 Å². The molecule has 2 rings (SSSR count). The number of carbonyl (C=O) groups is 2. The molecule has 18 heavy (non-hydrogen) atoms. The van der Waals surface area contributed by atoms with E-state index in [1.807, 2.05) is 0 Å². The summed E-state index contributed by atoms with van der Waals surface area (Å²) in [5.74, 6) is -1.87. The van der Waals surface area contributed by atoms with Gasteiger partial charge < -0.3 is 20.1 Å². The van der Waals surface area contributed by atoms with Gasteiger partial charge >= 0.3 is 5.97 Å². The van der Waals surface area contributed by atoms with Crippen LogP contribution in [0.1, 0.15) is 16.8 Å². The quantitative estimate of drug-likeness (QED) is 0.627. The number of β-amino-alcohol motifs (C(OH)–C–C–N with tert-alkyl or cyclic N) is 1. The number of pyridine rings is 1. The Hall–Kier alpha value is -2.15. The van der Waals surface area contributed by atoms with E-state index >= 15 is 0 Å². The number of hydrogen-bond donors (Lipinski definition) is 3. The minimum atomic E-state index is -1.19. The molecular weight excluding hydrogens is 240 g/mol. The first-order chi connectivity index (χ1) is 8.50. The lowest BCUT2D eigenvalue weighted by molar-refractivity contribution is -0.141. The van der Waals surface area contributed by atoms with Crippen molar-refractivity contribution < 1.29 is 19.8 Å². The molecule has 1 amide bonds. The van der Waals surface area contributed by atoms with Gasteiger partial charge in [0, 0.05) is 19.2 Å². The second-order valence-electron chi connectivity index (χ2n) is 4.11. The molecule has 0 saturated carbocycles. The summed E-state index contributed by atoms with van der Waals surface area (Å²) in [6.45, 7) is -0.0792. The number of carbonyl (C=O) groups excluding carboxylic acids is 1. The molecule has 1 fully saturated rings. The number of carboxylic acid groups (broad SMARTS) is 1. The number of aromatic nitrogens is 1. The molecule has 2 heterocycles. The summed E-state index contributed by atoms with van der Waals surface area (Å²) < 4.78 is 0. The van der Waals surface area contributed by atoms with Crippen molar-refractivity contribution in [3.63, 3.8) is 0 Å². The van der Waals surface area contributed by atoms with E-state index in [0.29, 0.717) is 0 Å². The van der Waals surface area contributed by atoms with Crippen LogP contribution in [-0.4, -0.2) is 50.7 Å². The van der Waals surface area contributed by atoms with Gasteiger partial charge in [-0.05, 0) is 12.1 Å². The lowest BCUT2D eigenvalue weighted by atomic mass is 10.2. The molecule has 0 aromatic carbocycles. The number of aliphatic hydroxyl groups excluding tert-OH is 1. The van der Waals surface area contributed by atoms with E-state index in [2.05, 4.69) is 4.98 Å². The normalized spacial score (nSPS) is 23.1. The van der Waals surface area contributed by atoms with Gasteiger partial charge in [-0.3, -0.25) is 9.59 Å². The third-order valence-corrected chi connectivity index (χ3v) is 2.87. The van der Waals surface area contributed by atoms with Gasteiger partial charge in [-0.15, -0.1) is 0 Å². The molecule has 7 nitrogen and oxygen atoms in total. The number of carboxylic acids is 1. The molecule has 1 aliphatic heterocycles. The van der Waals surface area contributed by atoms with Crippen LogP contribution in [0.25, 0.3) is 0 Å². The predicted octanol–water partition coefficient (Wildman–Crippen LogP) is -0.965. The Balaban J connectivity index is 2.31. The van der Waals surface area contributed by atoms with Crippen LogP contribution >= 0.6 is 0 Å². The smallest absolute Gasteiger partial charge is 0.326 e. The van der Waals surface area contributed by atoms with E-state index in [1.54, 1.807) is 0 Å². The summed E-state index contributed by atoms with van der Waals surface area (Å²) in [5, 5.41) is 18.4. The second kappa shape index (κ2) is 4.61. The SMILES string of the molecule is O=C(O)C1CC(O)CN1C(=O)c1ccc[nH]c1=O. The van der Waals surface area contributed by atoms with Crippen LogP contribution in [0, 0.1) is 0 Å². The van der Waals surface area contributed by atoms with Crippen molar-refractivity contribution >= 4 is 11.9 Å². The molecule has 0 radical (unpaired) electrons. The maximum absolute atomic E-state index is 12.1. The van der Waals surface area contributed by atoms with Gasteiger partial charge in [0.1, 0.15) is 11.6 Å². The van der Waals surface area contributed by atoms with E-state index < -0.39 is 29.6 Å². The van der Waals surface area contributed by atoms with Crippen LogP contribution in [0.3, 0.4) is 0 Å². The second-order valence-corrected chi connectivity index (χ2v) is 4.11. The number of aliphatic carboxylic acids is 1. The number of H-pyrrole nitrogens is 1. The van der Waals surface area contributed by atoms with Gasteiger partial charge in [-0.2, -0.15) is 0 Å². The van der Waals surface area contributed by atoms with Crippen LogP contribution in [0.15, 0.2) is 23.1 Å². The Morgan fingerprint density at radius 1 is 1.44 bits per heavy atom.